The average molecular weight is 307 g/mol. The van der Waals surface area contributed by atoms with Gasteiger partial charge in [0.05, 0.1) is 11.5 Å². The summed E-state index contributed by atoms with van der Waals surface area (Å²) in [5.41, 5.74) is 2.36. The minimum absolute atomic E-state index is 0.0239. The van der Waals surface area contributed by atoms with Gasteiger partial charge in [-0.1, -0.05) is 54.1 Å². The van der Waals surface area contributed by atoms with Crippen molar-refractivity contribution in [2.75, 3.05) is 5.75 Å². The van der Waals surface area contributed by atoms with Crippen molar-refractivity contribution < 1.29 is 9.00 Å². The molecule has 0 saturated carbocycles. The van der Waals surface area contributed by atoms with Crippen LogP contribution in [0.2, 0.25) is 5.02 Å². The summed E-state index contributed by atoms with van der Waals surface area (Å²) in [7, 11) is -1.25. The number of benzene rings is 2. The zero-order chi connectivity index (χ0) is 14.5. The molecule has 0 saturated heterocycles. The van der Waals surface area contributed by atoms with Crippen molar-refractivity contribution in [2.24, 2.45) is 0 Å². The normalized spacial score (nSPS) is 12.1. The van der Waals surface area contributed by atoms with Crippen molar-refractivity contribution in [1.29, 1.82) is 0 Å². The number of aryl methyl sites for hydroxylation is 1. The Balaban J connectivity index is 2.04. The fraction of sp³-hybridized carbons (Fsp3) is 0.188. The second kappa shape index (κ2) is 6.82. The summed E-state index contributed by atoms with van der Waals surface area (Å²) in [5.74, 6) is 0.237. The Morgan fingerprint density at radius 3 is 2.45 bits per heavy atom. The Morgan fingerprint density at radius 1 is 1.10 bits per heavy atom. The molecule has 104 valence electrons. The van der Waals surface area contributed by atoms with Crippen LogP contribution in [0, 0.1) is 6.92 Å². The van der Waals surface area contributed by atoms with E-state index in [1.165, 1.54) is 0 Å². The van der Waals surface area contributed by atoms with Gasteiger partial charge in [-0.05, 0) is 24.1 Å². The number of hydrogen-bond donors (Lipinski definition) is 0. The Bertz CT molecular complexity index is 652. The molecule has 0 amide bonds. The lowest BCUT2D eigenvalue weighted by Crippen LogP contribution is -2.13. The summed E-state index contributed by atoms with van der Waals surface area (Å²) in [5, 5.41) is 0.587. The number of ketones is 1. The van der Waals surface area contributed by atoms with Gasteiger partial charge in [0.15, 0.2) is 5.78 Å². The van der Waals surface area contributed by atoms with Gasteiger partial charge in [-0.2, -0.15) is 0 Å². The molecule has 4 heteroatoms. The minimum Gasteiger partial charge on any atom is -0.293 e. The van der Waals surface area contributed by atoms with Crippen LogP contribution in [0.1, 0.15) is 21.5 Å². The van der Waals surface area contributed by atoms with E-state index in [2.05, 4.69) is 0 Å². The molecule has 20 heavy (non-hydrogen) atoms. The first-order valence-corrected chi connectivity index (χ1v) is 8.11. The van der Waals surface area contributed by atoms with Gasteiger partial charge in [-0.3, -0.25) is 9.00 Å². The maximum absolute atomic E-state index is 12.1. The van der Waals surface area contributed by atoms with Crippen molar-refractivity contribution >= 4 is 28.2 Å². The lowest BCUT2D eigenvalue weighted by Gasteiger charge is -2.06. The molecule has 0 fully saturated rings. The van der Waals surface area contributed by atoms with Crippen LogP contribution in [0.3, 0.4) is 0 Å². The van der Waals surface area contributed by atoms with Crippen molar-refractivity contribution in [3.63, 3.8) is 0 Å². The molecular weight excluding hydrogens is 292 g/mol. The van der Waals surface area contributed by atoms with Gasteiger partial charge in [0.25, 0.3) is 0 Å². The maximum atomic E-state index is 12.1. The first-order valence-electron chi connectivity index (χ1n) is 6.25. The lowest BCUT2D eigenvalue weighted by atomic mass is 10.1. The molecule has 0 aliphatic heterocycles. The van der Waals surface area contributed by atoms with Gasteiger partial charge in [0.2, 0.25) is 0 Å². The minimum atomic E-state index is -1.25. The van der Waals surface area contributed by atoms with Crippen LogP contribution in [0.25, 0.3) is 0 Å². The van der Waals surface area contributed by atoms with Crippen molar-refractivity contribution in [1.82, 2.24) is 0 Å². The van der Waals surface area contributed by atoms with Gasteiger partial charge >= 0.3 is 0 Å². The lowest BCUT2D eigenvalue weighted by molar-refractivity contribution is 0.102. The summed E-state index contributed by atoms with van der Waals surface area (Å²) in [6.45, 7) is 1.88. The van der Waals surface area contributed by atoms with Crippen LogP contribution in [0.15, 0.2) is 48.5 Å². The largest absolute Gasteiger partial charge is 0.293 e. The molecule has 0 bridgehead atoms. The smallest absolute Gasteiger partial charge is 0.175 e. The van der Waals surface area contributed by atoms with Gasteiger partial charge in [0.1, 0.15) is 0 Å². The summed E-state index contributed by atoms with van der Waals surface area (Å²) in [4.78, 5) is 12.1. The van der Waals surface area contributed by atoms with Gasteiger partial charge in [-0.25, -0.2) is 0 Å². The maximum Gasteiger partial charge on any atom is 0.175 e. The topological polar surface area (TPSA) is 34.1 Å². The molecule has 0 spiro atoms. The molecule has 0 aromatic heterocycles. The average Bonchev–Trinajstić information content (AvgIpc) is 2.41. The second-order valence-corrected chi connectivity index (χ2v) is 6.42. The van der Waals surface area contributed by atoms with E-state index in [1.54, 1.807) is 12.1 Å². The Hall–Kier alpha value is -1.45. The predicted molar refractivity (Wildman–Crippen MR) is 83.7 cm³/mol. The quantitative estimate of drug-likeness (QED) is 0.788. The standard InChI is InChI=1S/C16H15ClO2S/c1-12-6-2-4-8-14(12)16(18)11-20(19)10-13-7-3-5-9-15(13)17/h2-9H,10-11H2,1H3. The highest BCUT2D eigenvalue weighted by Crippen LogP contribution is 2.17. The summed E-state index contributed by atoms with van der Waals surface area (Å²) < 4.78 is 12.1. The zero-order valence-corrected chi connectivity index (χ0v) is 12.7. The van der Waals surface area contributed by atoms with Crippen LogP contribution in [0.4, 0.5) is 0 Å². The Morgan fingerprint density at radius 2 is 1.75 bits per heavy atom. The molecule has 0 aliphatic rings. The van der Waals surface area contributed by atoms with E-state index < -0.39 is 10.8 Å². The molecule has 0 radical (unpaired) electrons. The predicted octanol–water partition coefficient (Wildman–Crippen LogP) is 3.78. The summed E-state index contributed by atoms with van der Waals surface area (Å²) >= 11 is 6.03. The first-order chi connectivity index (χ1) is 9.58. The van der Waals surface area contributed by atoms with Gasteiger partial charge in [0, 0.05) is 21.4 Å². The monoisotopic (exact) mass is 306 g/mol. The van der Waals surface area contributed by atoms with E-state index in [4.69, 9.17) is 11.6 Å². The van der Waals surface area contributed by atoms with Crippen molar-refractivity contribution in [3.8, 4) is 0 Å². The number of carbonyl (C=O) groups is 1. The summed E-state index contributed by atoms with van der Waals surface area (Å²) in [6, 6.07) is 14.6. The molecular formula is C16H15ClO2S. The zero-order valence-electron chi connectivity index (χ0n) is 11.1. The third kappa shape index (κ3) is 3.78. The third-order valence-corrected chi connectivity index (χ3v) is 4.60. The van der Waals surface area contributed by atoms with Gasteiger partial charge < -0.3 is 0 Å². The molecule has 2 aromatic rings. The van der Waals surface area contributed by atoms with E-state index in [0.29, 0.717) is 16.3 Å². The van der Waals surface area contributed by atoms with Crippen molar-refractivity contribution in [2.45, 2.75) is 12.7 Å². The van der Waals surface area contributed by atoms with Crippen LogP contribution in [0.5, 0.6) is 0 Å². The van der Waals surface area contributed by atoms with Crippen LogP contribution in [-0.4, -0.2) is 15.7 Å². The first kappa shape index (κ1) is 14.9. The van der Waals surface area contributed by atoms with Crippen LogP contribution in [-0.2, 0) is 16.6 Å². The Kier molecular flexibility index (Phi) is 5.10. The number of Topliss-reactive ketones (excluding diaryl/α,β-unsaturated/α-hetero) is 1. The number of carbonyl (C=O) groups excluding carboxylic acids is 1. The number of hydrogen-bond acceptors (Lipinski definition) is 2. The molecule has 2 rings (SSSR count). The molecule has 2 aromatic carbocycles. The molecule has 0 aliphatic carbocycles. The highest BCUT2D eigenvalue weighted by molar-refractivity contribution is 7.85. The van der Waals surface area contributed by atoms with E-state index in [-0.39, 0.29) is 11.5 Å². The van der Waals surface area contributed by atoms with E-state index >= 15 is 0 Å². The fourth-order valence-corrected chi connectivity index (χ4v) is 3.38. The molecule has 1 atom stereocenters. The van der Waals surface area contributed by atoms with Gasteiger partial charge in [-0.15, -0.1) is 0 Å². The number of halogens is 1. The second-order valence-electron chi connectivity index (χ2n) is 4.56. The molecule has 0 N–H and O–H groups in total. The number of rotatable bonds is 5. The highest BCUT2D eigenvalue weighted by Gasteiger charge is 2.13. The van der Waals surface area contributed by atoms with E-state index in [1.807, 2.05) is 43.3 Å². The third-order valence-electron chi connectivity index (χ3n) is 3.01. The molecule has 0 heterocycles. The van der Waals surface area contributed by atoms with E-state index in [9.17, 15) is 9.00 Å². The Labute approximate surface area is 126 Å². The van der Waals surface area contributed by atoms with Crippen LogP contribution >= 0.6 is 11.6 Å². The highest BCUT2D eigenvalue weighted by atomic mass is 35.5. The SMILES string of the molecule is Cc1ccccc1C(=O)CS(=O)Cc1ccccc1Cl. The fourth-order valence-electron chi connectivity index (χ4n) is 1.95. The van der Waals surface area contributed by atoms with Crippen LogP contribution < -0.4 is 0 Å². The van der Waals surface area contributed by atoms with E-state index in [0.717, 1.165) is 11.1 Å². The van der Waals surface area contributed by atoms with Crippen molar-refractivity contribution in [3.05, 3.63) is 70.2 Å². The molecule has 1 unspecified atom stereocenters. The summed E-state index contributed by atoms with van der Waals surface area (Å²) in [6.07, 6.45) is 0. The molecule has 2 nitrogen and oxygen atoms in total.